The minimum absolute atomic E-state index is 0.0852. The molecule has 188 valence electrons. The van der Waals surface area contributed by atoms with Gasteiger partial charge in [-0.25, -0.2) is 23.4 Å². The van der Waals surface area contributed by atoms with Crippen molar-refractivity contribution in [3.8, 4) is 40.4 Å². The average molecular weight is 525 g/mol. The van der Waals surface area contributed by atoms with E-state index in [2.05, 4.69) is 29.7 Å². The van der Waals surface area contributed by atoms with E-state index in [9.17, 15) is 17.2 Å². The highest BCUT2D eigenvalue weighted by atomic mass is 32.2. The number of nitrogens with one attached hydrogen (secondary N) is 1. The van der Waals surface area contributed by atoms with E-state index >= 15 is 0 Å². The number of pyridine rings is 3. The van der Waals surface area contributed by atoms with E-state index in [1.54, 1.807) is 30.5 Å². The van der Waals surface area contributed by atoms with Gasteiger partial charge in [0.05, 0.1) is 17.2 Å². The lowest BCUT2D eigenvalue weighted by Gasteiger charge is -2.14. The van der Waals surface area contributed by atoms with E-state index < -0.39 is 22.3 Å². The van der Waals surface area contributed by atoms with Gasteiger partial charge in [-0.2, -0.15) is 8.78 Å². The third-order valence-electron chi connectivity index (χ3n) is 4.93. The first kappa shape index (κ1) is 24.1. The highest BCUT2D eigenvalue weighted by molar-refractivity contribution is 7.90. The number of sulfone groups is 1. The average Bonchev–Trinajstić information content (AvgIpc) is 3.28. The maximum absolute atomic E-state index is 12.9. The summed E-state index contributed by atoms with van der Waals surface area (Å²) in [6.07, 6.45) is 5.20. The zero-order valence-corrected chi connectivity index (χ0v) is 19.8. The molecule has 4 aromatic heterocycles. The molecular weight excluding hydrogens is 508 g/mol. The zero-order valence-electron chi connectivity index (χ0n) is 19.0. The molecule has 10 nitrogen and oxygen atoms in total. The molecule has 0 aliphatic carbocycles. The van der Waals surface area contributed by atoms with Crippen LogP contribution in [0.2, 0.25) is 0 Å². The van der Waals surface area contributed by atoms with Crippen LogP contribution in [0.3, 0.4) is 0 Å². The Morgan fingerprint density at radius 2 is 1.70 bits per heavy atom. The van der Waals surface area contributed by atoms with Crippen LogP contribution in [0.15, 0.2) is 78.2 Å². The summed E-state index contributed by atoms with van der Waals surface area (Å²) in [5.41, 5.74) is 1.65. The number of rotatable bonds is 8. The molecule has 0 saturated heterocycles. The van der Waals surface area contributed by atoms with Crippen LogP contribution in [0, 0.1) is 0 Å². The third-order valence-corrected chi connectivity index (χ3v) is 5.93. The Kier molecular flexibility index (Phi) is 6.36. The maximum Gasteiger partial charge on any atom is 0.388 e. The molecule has 5 rings (SSSR count). The van der Waals surface area contributed by atoms with Gasteiger partial charge >= 0.3 is 6.61 Å². The summed E-state index contributed by atoms with van der Waals surface area (Å²) in [5, 5.41) is -0.121. The van der Waals surface area contributed by atoms with Gasteiger partial charge in [0, 0.05) is 30.8 Å². The summed E-state index contributed by atoms with van der Waals surface area (Å²) in [4.78, 5) is 19.7. The van der Waals surface area contributed by atoms with Crippen molar-refractivity contribution in [3.05, 3.63) is 73.2 Å². The van der Waals surface area contributed by atoms with Gasteiger partial charge < -0.3 is 19.2 Å². The number of fused-ring (bicyclic) bond motifs is 1. The second-order valence-electron chi connectivity index (χ2n) is 7.61. The summed E-state index contributed by atoms with van der Waals surface area (Å²) < 4.78 is 65.5. The molecule has 37 heavy (non-hydrogen) atoms. The number of ether oxygens (including phenoxy) is 3. The Bertz CT molecular complexity index is 1660. The Morgan fingerprint density at radius 1 is 0.892 bits per heavy atom. The van der Waals surface area contributed by atoms with E-state index in [1.165, 1.54) is 36.7 Å². The highest BCUT2D eigenvalue weighted by Crippen LogP contribution is 2.40. The second-order valence-corrected chi connectivity index (χ2v) is 9.57. The van der Waals surface area contributed by atoms with Crippen molar-refractivity contribution < 1.29 is 31.4 Å². The molecule has 0 unspecified atom stereocenters. The summed E-state index contributed by atoms with van der Waals surface area (Å²) in [7, 11) is -3.50. The number of halogens is 2. The number of hydrogen-bond acceptors (Lipinski definition) is 9. The van der Waals surface area contributed by atoms with Crippen LogP contribution in [0.4, 0.5) is 8.78 Å². The molecule has 0 radical (unpaired) electrons. The first-order valence-electron chi connectivity index (χ1n) is 10.6. The van der Waals surface area contributed by atoms with Crippen LogP contribution in [0.25, 0.3) is 22.6 Å². The molecule has 0 bridgehead atoms. The standard InChI is InChI=1S/C24H17F2N5O5S/c1-37(32,33)21-8-7-14(13-29-21)34-19-11-16-17(31-22(30-16)15-5-2-3-9-27-15)12-20(19)35-18-6-4-10-28-23(18)36-24(25)26/h2-13,24H,1H3,(H,30,31). The Labute approximate surface area is 208 Å². The topological polar surface area (TPSA) is 129 Å². The normalized spacial score (nSPS) is 11.6. The van der Waals surface area contributed by atoms with Gasteiger partial charge in [0.2, 0.25) is 0 Å². The fourth-order valence-electron chi connectivity index (χ4n) is 3.32. The molecule has 5 aromatic rings. The lowest BCUT2D eigenvalue weighted by Crippen LogP contribution is -2.05. The zero-order chi connectivity index (χ0) is 26.0. The van der Waals surface area contributed by atoms with E-state index in [0.29, 0.717) is 22.6 Å². The number of benzene rings is 1. The van der Waals surface area contributed by atoms with Gasteiger partial charge in [-0.3, -0.25) is 4.98 Å². The van der Waals surface area contributed by atoms with Crippen LogP contribution >= 0.6 is 0 Å². The Balaban J connectivity index is 1.57. The van der Waals surface area contributed by atoms with E-state index in [-0.39, 0.29) is 28.0 Å². The summed E-state index contributed by atoms with van der Waals surface area (Å²) >= 11 is 0. The van der Waals surface area contributed by atoms with Crippen LogP contribution in [0.1, 0.15) is 0 Å². The molecule has 1 aromatic carbocycles. The number of hydrogen-bond donors (Lipinski definition) is 1. The molecule has 0 aliphatic rings. The van der Waals surface area contributed by atoms with Crippen molar-refractivity contribution in [2.24, 2.45) is 0 Å². The molecular formula is C24H17F2N5O5S. The molecule has 13 heteroatoms. The quantitative estimate of drug-likeness (QED) is 0.297. The summed E-state index contributed by atoms with van der Waals surface area (Å²) in [6.45, 7) is -3.11. The fourth-order valence-corrected chi connectivity index (χ4v) is 3.88. The number of H-pyrrole nitrogens is 1. The van der Waals surface area contributed by atoms with Gasteiger partial charge in [0.25, 0.3) is 5.88 Å². The number of nitrogens with zero attached hydrogens (tertiary/aromatic N) is 4. The van der Waals surface area contributed by atoms with E-state index in [0.717, 1.165) is 6.26 Å². The Hall–Kier alpha value is -4.65. The molecule has 4 heterocycles. The largest absolute Gasteiger partial charge is 0.452 e. The van der Waals surface area contributed by atoms with Gasteiger partial charge in [0.15, 0.2) is 37.9 Å². The Morgan fingerprint density at radius 3 is 2.41 bits per heavy atom. The minimum Gasteiger partial charge on any atom is -0.452 e. The molecule has 0 aliphatic heterocycles. The smallest absolute Gasteiger partial charge is 0.388 e. The van der Waals surface area contributed by atoms with Crippen LogP contribution in [0.5, 0.6) is 28.9 Å². The lowest BCUT2D eigenvalue weighted by molar-refractivity contribution is -0.0541. The van der Waals surface area contributed by atoms with Crippen LogP contribution in [-0.4, -0.2) is 46.2 Å². The first-order chi connectivity index (χ1) is 17.8. The van der Waals surface area contributed by atoms with Gasteiger partial charge in [0.1, 0.15) is 11.4 Å². The second kappa shape index (κ2) is 9.78. The predicted octanol–water partition coefficient (Wildman–Crippen LogP) is 5.00. The van der Waals surface area contributed by atoms with E-state index in [1.807, 2.05) is 6.07 Å². The first-order valence-corrected chi connectivity index (χ1v) is 12.5. The van der Waals surface area contributed by atoms with Crippen LogP contribution < -0.4 is 14.2 Å². The predicted molar refractivity (Wildman–Crippen MR) is 128 cm³/mol. The molecule has 0 atom stereocenters. The molecule has 0 spiro atoms. The molecule has 0 saturated carbocycles. The van der Waals surface area contributed by atoms with E-state index in [4.69, 9.17) is 9.47 Å². The minimum atomic E-state index is -3.50. The van der Waals surface area contributed by atoms with Crippen molar-refractivity contribution in [2.75, 3.05) is 6.26 Å². The van der Waals surface area contributed by atoms with Crippen molar-refractivity contribution in [2.45, 2.75) is 11.6 Å². The van der Waals surface area contributed by atoms with Gasteiger partial charge in [-0.15, -0.1) is 0 Å². The summed E-state index contributed by atoms with van der Waals surface area (Å²) in [6, 6.07) is 14.2. The van der Waals surface area contributed by atoms with Crippen molar-refractivity contribution in [1.29, 1.82) is 0 Å². The fraction of sp³-hybridized carbons (Fsp3) is 0.0833. The SMILES string of the molecule is CS(=O)(=O)c1ccc(Oc2cc3[nH]c(-c4ccccn4)nc3cc2Oc2cccnc2OC(F)F)cn1. The maximum atomic E-state index is 12.9. The van der Waals surface area contributed by atoms with Crippen molar-refractivity contribution >= 4 is 20.9 Å². The highest BCUT2D eigenvalue weighted by Gasteiger charge is 2.18. The lowest BCUT2D eigenvalue weighted by atomic mass is 10.2. The number of aromatic nitrogens is 5. The van der Waals surface area contributed by atoms with Crippen molar-refractivity contribution in [1.82, 2.24) is 24.9 Å². The molecule has 0 amide bonds. The monoisotopic (exact) mass is 525 g/mol. The summed E-state index contributed by atoms with van der Waals surface area (Å²) in [5.74, 6) is 0.449. The van der Waals surface area contributed by atoms with Crippen molar-refractivity contribution in [3.63, 3.8) is 0 Å². The van der Waals surface area contributed by atoms with Crippen LogP contribution in [-0.2, 0) is 9.84 Å². The molecule has 0 fully saturated rings. The number of aromatic amines is 1. The van der Waals surface area contributed by atoms with Gasteiger partial charge in [-0.05, 0) is 36.4 Å². The molecule has 1 N–H and O–H groups in total. The van der Waals surface area contributed by atoms with Gasteiger partial charge in [-0.1, -0.05) is 6.07 Å². The third kappa shape index (κ3) is 5.46. The number of alkyl halides is 2. The number of imidazole rings is 1.